The van der Waals surface area contributed by atoms with Gasteiger partial charge in [0, 0.05) is 27.8 Å². The Bertz CT molecular complexity index is 1100. The van der Waals surface area contributed by atoms with Gasteiger partial charge in [-0.05, 0) is 68.3 Å². The Balaban J connectivity index is 1.99. The van der Waals surface area contributed by atoms with Gasteiger partial charge >= 0.3 is 0 Å². The monoisotopic (exact) mass is 389 g/mol. The Kier molecular flexibility index (Phi) is 5.67. The van der Waals surface area contributed by atoms with Gasteiger partial charge in [0.25, 0.3) is 5.91 Å². The molecule has 0 spiro atoms. The summed E-state index contributed by atoms with van der Waals surface area (Å²) in [5.74, 6) is -0.433. The lowest BCUT2D eigenvalue weighted by atomic mass is 10.1. The van der Waals surface area contributed by atoms with Crippen molar-refractivity contribution in [3.05, 3.63) is 87.7 Å². The summed E-state index contributed by atoms with van der Waals surface area (Å²) in [6.07, 6.45) is 1.62. The molecule has 0 atom stereocenters. The smallest absolute Gasteiger partial charge is 0.266 e. The lowest BCUT2D eigenvalue weighted by Gasteiger charge is -2.13. The molecule has 3 rings (SSSR count). The van der Waals surface area contributed by atoms with Gasteiger partial charge in [-0.2, -0.15) is 5.26 Å². The van der Waals surface area contributed by atoms with E-state index in [1.807, 2.05) is 69.3 Å². The summed E-state index contributed by atoms with van der Waals surface area (Å²) in [6, 6.07) is 18.8. The van der Waals surface area contributed by atoms with E-state index in [1.54, 1.807) is 18.2 Å². The number of para-hydroxylation sites is 1. The van der Waals surface area contributed by atoms with Crippen LogP contribution < -0.4 is 5.32 Å². The second-order valence-corrected chi connectivity index (χ2v) is 6.94. The van der Waals surface area contributed by atoms with Crippen LogP contribution in [0.5, 0.6) is 0 Å². The van der Waals surface area contributed by atoms with Crippen LogP contribution in [0.15, 0.2) is 60.2 Å². The minimum absolute atomic E-state index is 0.0481. The fourth-order valence-corrected chi connectivity index (χ4v) is 3.34. The summed E-state index contributed by atoms with van der Waals surface area (Å²) in [4.78, 5) is 12.5. The van der Waals surface area contributed by atoms with Gasteiger partial charge < -0.3 is 9.88 Å². The first kappa shape index (κ1) is 19.5. The number of nitrogens with one attached hydrogen (secondary N) is 1. The van der Waals surface area contributed by atoms with Gasteiger partial charge in [-0.1, -0.05) is 35.9 Å². The molecule has 5 heteroatoms. The molecule has 1 aromatic heterocycles. The molecule has 0 saturated heterocycles. The Morgan fingerprint density at radius 3 is 2.50 bits per heavy atom. The maximum atomic E-state index is 12.5. The van der Waals surface area contributed by atoms with Crippen molar-refractivity contribution in [2.45, 2.75) is 20.8 Å². The van der Waals surface area contributed by atoms with Gasteiger partial charge in [0.15, 0.2) is 0 Å². The Morgan fingerprint density at radius 2 is 1.82 bits per heavy atom. The molecule has 3 aromatic rings. The van der Waals surface area contributed by atoms with Gasteiger partial charge in [-0.25, -0.2) is 0 Å². The van der Waals surface area contributed by atoms with E-state index in [1.165, 1.54) is 0 Å². The Morgan fingerprint density at radius 1 is 1.11 bits per heavy atom. The summed E-state index contributed by atoms with van der Waals surface area (Å²) >= 11 is 6.28. The SMILES string of the molecule is Cc1c(Cl)cccc1-n1c(C)cc(/C=C(\C#N)C(=O)Nc2ccccc2)c1C. The zero-order chi connectivity index (χ0) is 20.3. The molecule has 2 aromatic carbocycles. The minimum atomic E-state index is -0.433. The number of aromatic nitrogens is 1. The summed E-state index contributed by atoms with van der Waals surface area (Å²) in [5.41, 5.74) is 5.40. The highest BCUT2D eigenvalue weighted by molar-refractivity contribution is 6.31. The number of halogens is 1. The third-order valence-electron chi connectivity index (χ3n) is 4.65. The standard InChI is InChI=1S/C23H20ClN3O/c1-15-12-18(17(3)27(15)22-11-7-10-21(24)16(22)2)13-19(14-25)23(28)26-20-8-5-4-6-9-20/h4-13H,1-3H3,(H,26,28)/b19-13+. The number of hydrogen-bond donors (Lipinski definition) is 1. The number of aryl methyl sites for hydroxylation is 1. The normalized spacial score (nSPS) is 11.2. The fraction of sp³-hybridized carbons (Fsp3) is 0.130. The van der Waals surface area contributed by atoms with E-state index in [0.29, 0.717) is 10.7 Å². The first-order valence-electron chi connectivity index (χ1n) is 8.85. The van der Waals surface area contributed by atoms with Gasteiger partial charge in [0.2, 0.25) is 0 Å². The zero-order valence-electron chi connectivity index (χ0n) is 16.0. The molecular formula is C23H20ClN3O. The van der Waals surface area contributed by atoms with Crippen LogP contribution in [-0.2, 0) is 4.79 Å². The van der Waals surface area contributed by atoms with Crippen molar-refractivity contribution in [1.82, 2.24) is 4.57 Å². The Labute approximate surface area is 169 Å². The number of hydrogen-bond acceptors (Lipinski definition) is 2. The molecule has 0 saturated carbocycles. The van der Waals surface area contributed by atoms with Crippen molar-refractivity contribution in [3.63, 3.8) is 0 Å². The average molecular weight is 390 g/mol. The first-order chi connectivity index (χ1) is 13.4. The third-order valence-corrected chi connectivity index (χ3v) is 5.06. The second kappa shape index (κ2) is 8.16. The van der Waals surface area contributed by atoms with Crippen molar-refractivity contribution in [2.24, 2.45) is 0 Å². The van der Waals surface area contributed by atoms with Crippen molar-refractivity contribution in [3.8, 4) is 11.8 Å². The molecule has 0 unspecified atom stereocenters. The van der Waals surface area contributed by atoms with Crippen molar-refractivity contribution < 1.29 is 4.79 Å². The van der Waals surface area contributed by atoms with Crippen LogP contribution in [0.2, 0.25) is 5.02 Å². The average Bonchev–Trinajstić information content (AvgIpc) is 2.96. The highest BCUT2D eigenvalue weighted by Crippen LogP contribution is 2.28. The number of nitriles is 1. The number of amides is 1. The van der Waals surface area contributed by atoms with Crippen LogP contribution in [0.1, 0.15) is 22.5 Å². The van der Waals surface area contributed by atoms with Gasteiger partial charge in [0.1, 0.15) is 11.6 Å². The minimum Gasteiger partial charge on any atom is -0.321 e. The molecule has 1 N–H and O–H groups in total. The summed E-state index contributed by atoms with van der Waals surface area (Å²) in [7, 11) is 0. The second-order valence-electron chi connectivity index (χ2n) is 6.54. The van der Waals surface area contributed by atoms with Crippen LogP contribution in [0.25, 0.3) is 11.8 Å². The predicted molar refractivity (Wildman–Crippen MR) is 114 cm³/mol. The van der Waals surface area contributed by atoms with Crippen molar-refractivity contribution in [1.29, 1.82) is 5.26 Å². The maximum absolute atomic E-state index is 12.5. The lowest BCUT2D eigenvalue weighted by Crippen LogP contribution is -2.13. The molecule has 1 heterocycles. The van der Waals surface area contributed by atoms with Crippen LogP contribution in [-0.4, -0.2) is 10.5 Å². The number of rotatable bonds is 4. The number of nitrogens with zero attached hydrogens (tertiary/aromatic N) is 2. The molecule has 0 aliphatic heterocycles. The van der Waals surface area contributed by atoms with Crippen LogP contribution >= 0.6 is 11.6 Å². The molecule has 140 valence electrons. The van der Waals surface area contributed by atoms with E-state index in [9.17, 15) is 10.1 Å². The van der Waals surface area contributed by atoms with Crippen LogP contribution in [0.3, 0.4) is 0 Å². The van der Waals surface area contributed by atoms with Crippen molar-refractivity contribution in [2.75, 3.05) is 5.32 Å². The van der Waals surface area contributed by atoms with E-state index < -0.39 is 5.91 Å². The molecule has 0 aliphatic carbocycles. The molecule has 0 bridgehead atoms. The summed E-state index contributed by atoms with van der Waals surface area (Å²) < 4.78 is 2.08. The van der Waals surface area contributed by atoms with E-state index in [0.717, 1.165) is 28.2 Å². The first-order valence-corrected chi connectivity index (χ1v) is 9.22. The molecule has 4 nitrogen and oxygen atoms in total. The largest absolute Gasteiger partial charge is 0.321 e. The third kappa shape index (κ3) is 3.85. The van der Waals surface area contributed by atoms with Crippen LogP contribution in [0, 0.1) is 32.1 Å². The molecule has 0 aliphatic rings. The van der Waals surface area contributed by atoms with E-state index in [-0.39, 0.29) is 5.57 Å². The molecular weight excluding hydrogens is 370 g/mol. The highest BCUT2D eigenvalue weighted by atomic mass is 35.5. The quantitative estimate of drug-likeness (QED) is 0.466. The fourth-order valence-electron chi connectivity index (χ4n) is 3.17. The van der Waals surface area contributed by atoms with E-state index >= 15 is 0 Å². The molecule has 28 heavy (non-hydrogen) atoms. The molecule has 0 fully saturated rings. The Hall–Kier alpha value is -3.29. The number of benzene rings is 2. The number of carbonyl (C=O) groups is 1. The highest BCUT2D eigenvalue weighted by Gasteiger charge is 2.15. The van der Waals surface area contributed by atoms with Gasteiger partial charge in [0.05, 0.1) is 0 Å². The summed E-state index contributed by atoms with van der Waals surface area (Å²) in [6.45, 7) is 5.92. The van der Waals surface area contributed by atoms with E-state index in [4.69, 9.17) is 11.6 Å². The summed E-state index contributed by atoms with van der Waals surface area (Å²) in [5, 5.41) is 12.9. The van der Waals surface area contributed by atoms with Crippen LogP contribution in [0.4, 0.5) is 5.69 Å². The molecule has 0 radical (unpaired) electrons. The van der Waals surface area contributed by atoms with E-state index in [2.05, 4.69) is 9.88 Å². The number of anilines is 1. The van der Waals surface area contributed by atoms with Crippen molar-refractivity contribution >= 4 is 29.3 Å². The van der Waals surface area contributed by atoms with Gasteiger partial charge in [-0.15, -0.1) is 0 Å². The lowest BCUT2D eigenvalue weighted by molar-refractivity contribution is -0.112. The maximum Gasteiger partial charge on any atom is 0.266 e. The zero-order valence-corrected chi connectivity index (χ0v) is 16.7. The predicted octanol–water partition coefficient (Wildman–Crippen LogP) is 5.60. The topological polar surface area (TPSA) is 57.8 Å². The number of carbonyl (C=O) groups excluding carboxylic acids is 1. The van der Waals surface area contributed by atoms with Gasteiger partial charge in [-0.3, -0.25) is 4.79 Å². The molecule has 1 amide bonds.